The van der Waals surface area contributed by atoms with Gasteiger partial charge in [0.2, 0.25) is 5.69 Å². The highest BCUT2D eigenvalue weighted by atomic mass is 33.1. The largest absolute Gasteiger partial charge is 0.508 e. The predicted molar refractivity (Wildman–Crippen MR) is 103 cm³/mol. The van der Waals surface area contributed by atoms with Gasteiger partial charge in [-0.3, -0.25) is 0 Å². The minimum atomic E-state index is 0.299. The van der Waals surface area contributed by atoms with Crippen LogP contribution in [0.2, 0.25) is 0 Å². The highest BCUT2D eigenvalue weighted by molar-refractivity contribution is 8.68. The van der Waals surface area contributed by atoms with E-state index in [1.54, 1.807) is 22.9 Å². The first-order chi connectivity index (χ1) is 11.3. The van der Waals surface area contributed by atoms with Crippen molar-refractivity contribution in [3.05, 3.63) is 72.1 Å². The zero-order valence-corrected chi connectivity index (χ0v) is 14.3. The van der Waals surface area contributed by atoms with E-state index in [1.165, 1.54) is 5.69 Å². The summed E-state index contributed by atoms with van der Waals surface area (Å²) in [4.78, 5) is 0. The molecule has 0 aliphatic rings. The molecule has 116 valence electrons. The van der Waals surface area contributed by atoms with Gasteiger partial charge in [-0.1, -0.05) is 29.0 Å². The Balaban J connectivity index is 1.86. The Kier molecular flexibility index (Phi) is 5.26. The van der Waals surface area contributed by atoms with Gasteiger partial charge in [0, 0.05) is 18.2 Å². The van der Waals surface area contributed by atoms with Gasteiger partial charge in [0.25, 0.3) is 0 Å². The molecule has 0 aliphatic heterocycles. The number of benzene rings is 2. The number of thiol groups is 1. The van der Waals surface area contributed by atoms with Crippen molar-refractivity contribution in [1.29, 1.82) is 0 Å². The van der Waals surface area contributed by atoms with E-state index >= 15 is 0 Å². The fraction of sp³-hybridized carbons (Fsp3) is 0.105. The van der Waals surface area contributed by atoms with E-state index in [2.05, 4.69) is 52.8 Å². The molecule has 0 unspecified atom stereocenters. The minimum absolute atomic E-state index is 0.299. The van der Waals surface area contributed by atoms with Crippen molar-refractivity contribution in [1.82, 2.24) is 0 Å². The van der Waals surface area contributed by atoms with Gasteiger partial charge >= 0.3 is 0 Å². The summed E-state index contributed by atoms with van der Waals surface area (Å²) in [5.74, 6) is 1.27. The van der Waals surface area contributed by atoms with E-state index in [0.29, 0.717) is 5.75 Å². The number of hydrogen-bond acceptors (Lipinski definition) is 3. The number of phenols is 1. The molecule has 0 saturated heterocycles. The Bertz CT molecular complexity index is 846. The molecule has 23 heavy (non-hydrogen) atoms. The van der Waals surface area contributed by atoms with Crippen LogP contribution in [0.25, 0.3) is 22.9 Å². The number of aromatic hydroxyl groups is 1. The van der Waals surface area contributed by atoms with Gasteiger partial charge < -0.3 is 5.11 Å². The minimum Gasteiger partial charge on any atom is -0.508 e. The molecule has 1 aromatic heterocycles. The molecule has 2 aromatic carbocycles. The van der Waals surface area contributed by atoms with Gasteiger partial charge in [-0.05, 0) is 46.7 Å². The second-order valence-electron chi connectivity index (χ2n) is 5.28. The van der Waals surface area contributed by atoms with Gasteiger partial charge in [0.1, 0.15) is 5.75 Å². The maximum absolute atomic E-state index is 9.53. The van der Waals surface area contributed by atoms with E-state index in [-0.39, 0.29) is 0 Å². The summed E-state index contributed by atoms with van der Waals surface area (Å²) < 4.78 is 2.22. The van der Waals surface area contributed by atoms with Crippen molar-refractivity contribution >= 4 is 45.4 Å². The molecule has 4 heteroatoms. The van der Waals surface area contributed by atoms with Crippen molar-refractivity contribution in [3.63, 3.8) is 0 Å². The van der Waals surface area contributed by atoms with Crippen molar-refractivity contribution in [2.45, 2.75) is 6.54 Å². The molecule has 1 heterocycles. The van der Waals surface area contributed by atoms with Crippen molar-refractivity contribution in [3.8, 4) is 5.75 Å². The Morgan fingerprint density at radius 2 is 1.83 bits per heavy atom. The standard InChI is InChI=1S/C19H17NOS2/c21-19-9-7-16-13-15(4-6-17(16)14-19)5-8-18-3-1-2-10-20(18)11-12-23-22/h1-10,13-14,22H,11-12H2/p+1. The van der Waals surface area contributed by atoms with Crippen LogP contribution in [0.5, 0.6) is 5.75 Å². The molecule has 1 N–H and O–H groups in total. The summed E-state index contributed by atoms with van der Waals surface area (Å²) in [6.07, 6.45) is 6.34. The maximum atomic E-state index is 9.53. The van der Waals surface area contributed by atoms with Crippen LogP contribution in [0.1, 0.15) is 11.3 Å². The highest BCUT2D eigenvalue weighted by Crippen LogP contribution is 2.21. The fourth-order valence-corrected chi connectivity index (χ4v) is 3.04. The van der Waals surface area contributed by atoms with Crippen LogP contribution in [-0.2, 0) is 6.54 Å². The SMILES string of the molecule is Oc1ccc2cc(/C=C/c3cccc[n+]3CCSS)ccc2c1. The third-order valence-electron chi connectivity index (χ3n) is 3.69. The highest BCUT2D eigenvalue weighted by Gasteiger charge is 2.05. The third-order valence-corrected chi connectivity index (χ3v) is 4.61. The van der Waals surface area contributed by atoms with Gasteiger partial charge in [-0.2, -0.15) is 4.57 Å². The predicted octanol–water partition coefficient (Wildman–Crippen LogP) is 4.58. The van der Waals surface area contributed by atoms with Gasteiger partial charge in [-0.25, -0.2) is 0 Å². The van der Waals surface area contributed by atoms with E-state index in [1.807, 2.05) is 24.3 Å². The second-order valence-corrected chi connectivity index (χ2v) is 6.72. The molecule has 0 radical (unpaired) electrons. The number of phenolic OH excluding ortho intramolecular Hbond substituents is 1. The smallest absolute Gasteiger partial charge is 0.205 e. The van der Waals surface area contributed by atoms with Crippen LogP contribution >= 0.6 is 22.5 Å². The van der Waals surface area contributed by atoms with Crippen LogP contribution in [0.4, 0.5) is 0 Å². The normalized spacial score (nSPS) is 11.3. The lowest BCUT2D eigenvalue weighted by Gasteiger charge is -2.01. The van der Waals surface area contributed by atoms with Crippen LogP contribution in [0, 0.1) is 0 Å². The Hall–Kier alpha value is -1.91. The van der Waals surface area contributed by atoms with Gasteiger partial charge in [0.05, 0.1) is 5.75 Å². The number of nitrogens with zero attached hydrogens (tertiary/aromatic N) is 1. The summed E-state index contributed by atoms with van der Waals surface area (Å²) in [6, 6.07) is 17.9. The van der Waals surface area contributed by atoms with Gasteiger partial charge in [-0.15, -0.1) is 11.7 Å². The van der Waals surface area contributed by atoms with E-state index in [9.17, 15) is 5.11 Å². The summed E-state index contributed by atoms with van der Waals surface area (Å²) >= 11 is 4.20. The first-order valence-electron chi connectivity index (χ1n) is 7.42. The van der Waals surface area contributed by atoms with Crippen LogP contribution in [0.3, 0.4) is 0 Å². The first kappa shape index (κ1) is 16.0. The average molecular weight is 340 g/mol. The van der Waals surface area contributed by atoms with E-state index < -0.39 is 0 Å². The number of pyridine rings is 1. The quantitative estimate of drug-likeness (QED) is 0.403. The van der Waals surface area contributed by atoms with E-state index in [0.717, 1.165) is 28.6 Å². The molecule has 0 fully saturated rings. The summed E-state index contributed by atoms with van der Waals surface area (Å²) in [5.41, 5.74) is 2.31. The molecule has 0 aliphatic carbocycles. The molecular formula is C19H18NOS2+. The zero-order valence-electron chi connectivity index (χ0n) is 12.6. The third kappa shape index (κ3) is 4.09. The average Bonchev–Trinajstić information content (AvgIpc) is 2.58. The summed E-state index contributed by atoms with van der Waals surface area (Å²) in [5, 5.41) is 11.7. The molecule has 0 amide bonds. The maximum Gasteiger partial charge on any atom is 0.205 e. The number of rotatable bonds is 5. The molecule has 3 aromatic rings. The summed E-state index contributed by atoms with van der Waals surface area (Å²) in [6.45, 7) is 0.936. The van der Waals surface area contributed by atoms with Gasteiger partial charge in [0.15, 0.2) is 12.7 Å². The lowest BCUT2D eigenvalue weighted by Crippen LogP contribution is -2.37. The lowest BCUT2D eigenvalue weighted by molar-refractivity contribution is -0.694. The Labute approximate surface area is 145 Å². The first-order valence-corrected chi connectivity index (χ1v) is 9.46. The number of hydrogen-bond donors (Lipinski definition) is 2. The lowest BCUT2D eigenvalue weighted by atomic mass is 10.1. The van der Waals surface area contributed by atoms with Crippen LogP contribution in [0.15, 0.2) is 60.8 Å². The monoisotopic (exact) mass is 340 g/mol. The Morgan fingerprint density at radius 3 is 2.70 bits per heavy atom. The molecular weight excluding hydrogens is 322 g/mol. The number of aryl methyl sites for hydroxylation is 1. The fourth-order valence-electron chi connectivity index (χ4n) is 2.52. The zero-order chi connectivity index (χ0) is 16.1. The van der Waals surface area contributed by atoms with Crippen molar-refractivity contribution in [2.75, 3.05) is 5.75 Å². The van der Waals surface area contributed by atoms with E-state index in [4.69, 9.17) is 0 Å². The van der Waals surface area contributed by atoms with Crippen molar-refractivity contribution in [2.24, 2.45) is 0 Å². The molecule has 0 atom stereocenters. The molecule has 0 spiro atoms. The Morgan fingerprint density at radius 1 is 1.00 bits per heavy atom. The summed E-state index contributed by atoms with van der Waals surface area (Å²) in [7, 11) is 1.55. The molecule has 0 saturated carbocycles. The molecule has 0 bridgehead atoms. The second kappa shape index (κ2) is 7.57. The van der Waals surface area contributed by atoms with Crippen LogP contribution in [-0.4, -0.2) is 10.9 Å². The molecule has 3 rings (SSSR count). The number of aromatic nitrogens is 1. The van der Waals surface area contributed by atoms with Crippen LogP contribution < -0.4 is 4.57 Å². The topological polar surface area (TPSA) is 24.1 Å². The number of fused-ring (bicyclic) bond motifs is 1. The van der Waals surface area contributed by atoms with Crippen molar-refractivity contribution < 1.29 is 9.67 Å². The molecule has 2 nitrogen and oxygen atoms in total.